The maximum absolute atomic E-state index is 12.7. The Morgan fingerprint density at radius 2 is 1.29 bits per heavy atom. The molecule has 0 bridgehead atoms. The number of hydrogen-bond acceptors (Lipinski definition) is 3. The van der Waals surface area contributed by atoms with Crippen molar-refractivity contribution in [1.29, 1.82) is 0 Å². The van der Waals surface area contributed by atoms with Crippen LogP contribution in [0.5, 0.6) is 0 Å². The van der Waals surface area contributed by atoms with Crippen LogP contribution in [-0.2, 0) is 35.7 Å². The van der Waals surface area contributed by atoms with Gasteiger partial charge in [0.15, 0.2) is 0 Å². The molecule has 5 rings (SSSR count). The van der Waals surface area contributed by atoms with Gasteiger partial charge in [-0.25, -0.2) is 12.7 Å². The Kier molecular flexibility index (Phi) is 9.03. The molecule has 0 aliphatic heterocycles. The monoisotopic (exact) mass is 528 g/mol. The average Bonchev–Trinajstić information content (AvgIpc) is 3.47. The summed E-state index contributed by atoms with van der Waals surface area (Å²) in [7, 11) is 0.231. The third-order valence-electron chi connectivity index (χ3n) is 7.40. The van der Waals surface area contributed by atoms with E-state index in [0.29, 0.717) is 11.4 Å². The molecular formula is C33H40N2O2S. The van der Waals surface area contributed by atoms with Crippen molar-refractivity contribution < 1.29 is 8.42 Å². The Hall–Kier alpha value is -2.99. The second kappa shape index (κ2) is 12.2. The predicted octanol–water partition coefficient (Wildman–Crippen LogP) is 6.23. The van der Waals surface area contributed by atoms with Crippen molar-refractivity contribution in [3.63, 3.8) is 0 Å². The van der Waals surface area contributed by atoms with E-state index in [0.717, 1.165) is 37.8 Å². The van der Waals surface area contributed by atoms with Gasteiger partial charge >= 0.3 is 0 Å². The lowest BCUT2D eigenvalue weighted by molar-refractivity contribution is 0.472. The zero-order chi connectivity index (χ0) is 27.3. The minimum Gasteiger partial charge on any atom is -0.319 e. The van der Waals surface area contributed by atoms with E-state index >= 15 is 0 Å². The molecule has 0 spiro atoms. The van der Waals surface area contributed by atoms with Gasteiger partial charge in [0.2, 0.25) is 10.0 Å². The van der Waals surface area contributed by atoms with E-state index in [9.17, 15) is 8.42 Å². The first-order valence-electron chi connectivity index (χ1n) is 13.4. The number of aryl methyl sites for hydroxylation is 1. The van der Waals surface area contributed by atoms with E-state index in [1.807, 2.05) is 26.1 Å². The van der Waals surface area contributed by atoms with Crippen LogP contribution in [0.15, 0.2) is 76.7 Å². The van der Waals surface area contributed by atoms with Crippen LogP contribution in [-0.4, -0.2) is 39.9 Å². The molecule has 0 atom stereocenters. The summed E-state index contributed by atoms with van der Waals surface area (Å²) in [4.78, 5) is 0.353. The highest BCUT2D eigenvalue weighted by Gasteiger charge is 2.21. The Labute approximate surface area is 229 Å². The normalized spacial score (nSPS) is 13.9. The van der Waals surface area contributed by atoms with Gasteiger partial charge in [-0.05, 0) is 106 Å². The predicted molar refractivity (Wildman–Crippen MR) is 160 cm³/mol. The van der Waals surface area contributed by atoms with Gasteiger partial charge in [0.1, 0.15) is 0 Å². The Morgan fingerprint density at radius 1 is 0.763 bits per heavy atom. The molecule has 200 valence electrons. The van der Waals surface area contributed by atoms with E-state index in [-0.39, 0.29) is 0 Å². The number of likely N-dealkylation sites (N-methyl/N-ethyl adjacent to an activating group) is 2. The number of allylic oxidation sites excluding steroid dienone is 2. The lowest BCUT2D eigenvalue weighted by atomic mass is 10.00. The van der Waals surface area contributed by atoms with Crippen molar-refractivity contribution in [1.82, 2.24) is 9.62 Å². The van der Waals surface area contributed by atoms with Crippen LogP contribution in [0.1, 0.15) is 52.8 Å². The van der Waals surface area contributed by atoms with Gasteiger partial charge in [0.25, 0.3) is 0 Å². The van der Waals surface area contributed by atoms with Crippen LogP contribution in [0.4, 0.5) is 0 Å². The van der Waals surface area contributed by atoms with Gasteiger partial charge in [-0.15, -0.1) is 0 Å². The number of nitrogens with one attached hydrogen (secondary N) is 1. The SMILES string of the molecule is CC1=Cc2cccc(CCN(C)S(=O)(=O)c3ccc(C)cc3)c2C1.CNCCc1cccc2c1CC(C)=C2. The summed E-state index contributed by atoms with van der Waals surface area (Å²) in [6.07, 6.45) is 8.51. The smallest absolute Gasteiger partial charge is 0.242 e. The molecule has 1 N–H and O–H groups in total. The third-order valence-corrected chi connectivity index (χ3v) is 9.27. The molecule has 0 heterocycles. The number of rotatable bonds is 8. The summed E-state index contributed by atoms with van der Waals surface area (Å²) >= 11 is 0. The highest BCUT2D eigenvalue weighted by molar-refractivity contribution is 7.89. The van der Waals surface area contributed by atoms with Crippen LogP contribution in [0.2, 0.25) is 0 Å². The van der Waals surface area contributed by atoms with E-state index in [1.54, 1.807) is 24.7 Å². The highest BCUT2D eigenvalue weighted by Crippen LogP contribution is 2.29. The van der Waals surface area contributed by atoms with Crippen molar-refractivity contribution in [3.05, 3.63) is 111 Å². The van der Waals surface area contributed by atoms with Gasteiger partial charge in [-0.1, -0.05) is 77.4 Å². The van der Waals surface area contributed by atoms with Gasteiger partial charge in [0, 0.05) is 13.6 Å². The van der Waals surface area contributed by atoms with Crippen LogP contribution in [0.25, 0.3) is 12.2 Å². The van der Waals surface area contributed by atoms with Crippen LogP contribution < -0.4 is 5.32 Å². The van der Waals surface area contributed by atoms with Crippen LogP contribution in [0, 0.1) is 6.92 Å². The van der Waals surface area contributed by atoms with Crippen LogP contribution >= 0.6 is 0 Å². The highest BCUT2D eigenvalue weighted by atomic mass is 32.2. The van der Waals surface area contributed by atoms with Gasteiger partial charge in [-0.3, -0.25) is 0 Å². The largest absolute Gasteiger partial charge is 0.319 e. The Bertz CT molecular complexity index is 1450. The first kappa shape index (κ1) is 28.0. The second-order valence-corrected chi connectivity index (χ2v) is 12.6. The number of fused-ring (bicyclic) bond motifs is 2. The molecule has 2 aliphatic carbocycles. The van der Waals surface area contributed by atoms with Gasteiger partial charge in [0.05, 0.1) is 4.90 Å². The quantitative estimate of drug-likeness (QED) is 0.377. The number of hydrogen-bond donors (Lipinski definition) is 1. The minimum atomic E-state index is -3.43. The minimum absolute atomic E-state index is 0.353. The summed E-state index contributed by atoms with van der Waals surface area (Å²) < 4.78 is 26.8. The number of nitrogens with zero attached hydrogens (tertiary/aromatic N) is 1. The summed E-state index contributed by atoms with van der Waals surface area (Å²) in [5.41, 5.74) is 12.2. The summed E-state index contributed by atoms with van der Waals surface area (Å²) in [6.45, 7) is 7.84. The molecule has 0 saturated carbocycles. The molecule has 0 fully saturated rings. The topological polar surface area (TPSA) is 49.4 Å². The van der Waals surface area contributed by atoms with Gasteiger partial charge < -0.3 is 5.32 Å². The van der Waals surface area contributed by atoms with E-state index < -0.39 is 10.0 Å². The fraction of sp³-hybridized carbons (Fsp3) is 0.333. The van der Waals surface area contributed by atoms with E-state index in [2.05, 4.69) is 67.7 Å². The number of sulfonamides is 1. The molecular weight excluding hydrogens is 488 g/mol. The first-order chi connectivity index (χ1) is 18.2. The van der Waals surface area contributed by atoms with E-state index in [4.69, 9.17) is 0 Å². The summed E-state index contributed by atoms with van der Waals surface area (Å²) in [5, 5.41) is 3.20. The van der Waals surface area contributed by atoms with Crippen LogP contribution in [0.3, 0.4) is 0 Å². The molecule has 2 aliphatic rings. The number of benzene rings is 3. The van der Waals surface area contributed by atoms with Crippen molar-refractivity contribution in [3.8, 4) is 0 Å². The molecule has 0 saturated heterocycles. The first-order valence-corrected chi connectivity index (χ1v) is 14.9. The molecule has 5 heteroatoms. The average molecular weight is 529 g/mol. The van der Waals surface area contributed by atoms with E-state index in [1.165, 1.54) is 43.3 Å². The van der Waals surface area contributed by atoms with Crippen molar-refractivity contribution in [2.24, 2.45) is 0 Å². The second-order valence-electron chi connectivity index (χ2n) is 10.5. The fourth-order valence-corrected chi connectivity index (χ4v) is 6.39. The molecule has 0 radical (unpaired) electrons. The molecule has 0 unspecified atom stereocenters. The standard InChI is InChI=1S/C20H23NO2S.C13H17N/c1-15-7-9-19(10-8-15)24(22,23)21(3)12-11-17-5-4-6-18-13-16(2)14-20(17)18;1-10-8-12-5-3-4-11(6-7-14-2)13(12)9-10/h4-10,13H,11-12,14H2,1-3H3;3-5,8,14H,6-7,9H2,1-2H3. The molecule has 38 heavy (non-hydrogen) atoms. The molecule has 3 aromatic rings. The molecule has 3 aromatic carbocycles. The lowest BCUT2D eigenvalue weighted by Crippen LogP contribution is -2.29. The van der Waals surface area contributed by atoms with Crippen molar-refractivity contribution >= 4 is 22.2 Å². The Balaban J connectivity index is 0.000000204. The Morgan fingerprint density at radius 3 is 1.82 bits per heavy atom. The maximum atomic E-state index is 12.7. The summed E-state index contributed by atoms with van der Waals surface area (Å²) in [6, 6.07) is 19.9. The maximum Gasteiger partial charge on any atom is 0.242 e. The lowest BCUT2D eigenvalue weighted by Gasteiger charge is -2.18. The van der Waals surface area contributed by atoms with Crippen molar-refractivity contribution in [2.75, 3.05) is 27.2 Å². The van der Waals surface area contributed by atoms with Crippen molar-refractivity contribution in [2.45, 2.75) is 51.3 Å². The zero-order valence-electron chi connectivity index (χ0n) is 23.3. The molecule has 0 aromatic heterocycles. The fourth-order valence-electron chi connectivity index (χ4n) is 5.22. The third kappa shape index (κ3) is 6.52. The zero-order valence-corrected chi connectivity index (χ0v) is 24.2. The molecule has 0 amide bonds. The molecule has 4 nitrogen and oxygen atoms in total. The van der Waals surface area contributed by atoms with Gasteiger partial charge in [-0.2, -0.15) is 0 Å². The summed E-state index contributed by atoms with van der Waals surface area (Å²) in [5.74, 6) is 0.